The van der Waals surface area contributed by atoms with E-state index in [0.717, 1.165) is 23.1 Å². The number of rotatable bonds is 5. The fraction of sp³-hybridized carbons (Fsp3) is 0.400. The number of hydrogen-bond donors (Lipinski definition) is 2. The maximum atomic E-state index is 12.6. The lowest BCUT2D eigenvalue weighted by atomic mass is 10.1. The van der Waals surface area contributed by atoms with E-state index >= 15 is 0 Å². The van der Waals surface area contributed by atoms with Crippen molar-refractivity contribution in [2.75, 3.05) is 11.9 Å². The molecular weight excluding hydrogens is 327 g/mol. The van der Waals surface area contributed by atoms with Gasteiger partial charge in [0.25, 0.3) is 5.91 Å². The van der Waals surface area contributed by atoms with Gasteiger partial charge in [-0.25, -0.2) is 4.79 Å². The van der Waals surface area contributed by atoms with Crippen LogP contribution < -0.4 is 10.6 Å². The first-order chi connectivity index (χ1) is 11.2. The molecule has 1 aliphatic heterocycles. The largest absolute Gasteiger partial charge is 0.416 e. The number of hydrogen-bond acceptors (Lipinski definition) is 3. The second kappa shape index (κ2) is 6.90. The van der Waals surface area contributed by atoms with Gasteiger partial charge in [-0.15, -0.1) is 0 Å². The summed E-state index contributed by atoms with van der Waals surface area (Å²) in [5.41, 5.74) is -0.967. The maximum Gasteiger partial charge on any atom is 0.416 e. The molecule has 2 N–H and O–H groups in total. The summed E-state index contributed by atoms with van der Waals surface area (Å²) >= 11 is 0. The first-order valence-corrected chi connectivity index (χ1v) is 7.31. The van der Waals surface area contributed by atoms with Crippen LogP contribution in [-0.2, 0) is 15.8 Å². The zero-order valence-electron chi connectivity index (χ0n) is 12.8. The average Bonchev–Trinajstić information content (AvgIpc) is 2.75. The number of anilines is 1. The van der Waals surface area contributed by atoms with Crippen LogP contribution in [0.5, 0.6) is 0 Å². The molecule has 1 aromatic carbocycles. The van der Waals surface area contributed by atoms with Crippen LogP contribution in [0.15, 0.2) is 24.3 Å². The molecule has 0 bridgehead atoms. The highest BCUT2D eigenvalue weighted by Gasteiger charge is 2.38. The third-order valence-electron chi connectivity index (χ3n) is 3.46. The number of amides is 4. The van der Waals surface area contributed by atoms with Crippen molar-refractivity contribution in [1.29, 1.82) is 0 Å². The zero-order chi connectivity index (χ0) is 17.9. The van der Waals surface area contributed by atoms with Gasteiger partial charge in [-0.3, -0.25) is 14.5 Å². The molecule has 0 aromatic heterocycles. The Morgan fingerprint density at radius 3 is 2.67 bits per heavy atom. The molecular formula is C15H16F3N3O3. The minimum Gasteiger partial charge on any atom is -0.326 e. The van der Waals surface area contributed by atoms with E-state index in [2.05, 4.69) is 10.6 Å². The number of carbonyl (C=O) groups excluding carboxylic acids is 3. The highest BCUT2D eigenvalue weighted by atomic mass is 19.4. The van der Waals surface area contributed by atoms with E-state index in [9.17, 15) is 27.6 Å². The minimum atomic E-state index is -4.53. The fourth-order valence-electron chi connectivity index (χ4n) is 2.33. The van der Waals surface area contributed by atoms with E-state index in [1.807, 2.05) is 6.92 Å². The molecule has 4 amide bonds. The van der Waals surface area contributed by atoms with Crippen molar-refractivity contribution < 1.29 is 27.6 Å². The van der Waals surface area contributed by atoms with Crippen molar-refractivity contribution in [1.82, 2.24) is 10.2 Å². The SMILES string of the molecule is CCC[C@H]1NC(=O)N(CC(=O)Nc2cccc(C(F)(F)F)c2)C1=O. The number of nitrogens with zero attached hydrogens (tertiary/aromatic N) is 1. The number of halogens is 3. The Bertz CT molecular complexity index is 661. The standard InChI is InChI=1S/C15H16F3N3O3/c1-2-4-11-13(23)21(14(24)20-11)8-12(22)19-10-6-3-5-9(7-10)15(16,17)18/h3,5-7,11H,2,4,8H2,1H3,(H,19,22)(H,20,24)/t11-/m1/s1. The molecule has 0 radical (unpaired) electrons. The normalized spacial score (nSPS) is 17.8. The third kappa shape index (κ3) is 4.03. The topological polar surface area (TPSA) is 78.5 Å². The van der Waals surface area contributed by atoms with Gasteiger partial charge in [-0.05, 0) is 24.6 Å². The molecule has 0 saturated carbocycles. The van der Waals surface area contributed by atoms with Crippen LogP contribution in [0.25, 0.3) is 0 Å². The van der Waals surface area contributed by atoms with E-state index in [-0.39, 0.29) is 5.69 Å². The number of carbonyl (C=O) groups is 3. The minimum absolute atomic E-state index is 0.0630. The molecule has 1 aliphatic rings. The lowest BCUT2D eigenvalue weighted by Gasteiger charge is -2.14. The van der Waals surface area contributed by atoms with Crippen molar-refractivity contribution in [3.8, 4) is 0 Å². The van der Waals surface area contributed by atoms with Gasteiger partial charge < -0.3 is 10.6 Å². The molecule has 130 valence electrons. The molecule has 0 spiro atoms. The van der Waals surface area contributed by atoms with Crippen LogP contribution in [0.2, 0.25) is 0 Å². The van der Waals surface area contributed by atoms with E-state index < -0.39 is 42.2 Å². The summed E-state index contributed by atoms with van der Waals surface area (Å²) < 4.78 is 37.9. The van der Waals surface area contributed by atoms with Gasteiger partial charge in [0.05, 0.1) is 5.56 Å². The van der Waals surface area contributed by atoms with Crippen LogP contribution in [0, 0.1) is 0 Å². The third-order valence-corrected chi connectivity index (χ3v) is 3.46. The van der Waals surface area contributed by atoms with Gasteiger partial charge in [0.2, 0.25) is 5.91 Å². The van der Waals surface area contributed by atoms with Gasteiger partial charge in [0.15, 0.2) is 0 Å². The Balaban J connectivity index is 2.01. The molecule has 6 nitrogen and oxygen atoms in total. The van der Waals surface area contributed by atoms with Gasteiger partial charge in [0.1, 0.15) is 12.6 Å². The molecule has 2 rings (SSSR count). The Kier molecular flexibility index (Phi) is 5.10. The summed E-state index contributed by atoms with van der Waals surface area (Å²) in [5.74, 6) is -1.27. The summed E-state index contributed by atoms with van der Waals surface area (Å²) in [5, 5.41) is 4.72. The molecule has 1 aromatic rings. The van der Waals surface area contributed by atoms with Crippen LogP contribution in [0.4, 0.5) is 23.7 Å². The first-order valence-electron chi connectivity index (χ1n) is 7.31. The lowest BCUT2D eigenvalue weighted by molar-refractivity contribution is -0.137. The summed E-state index contributed by atoms with van der Waals surface area (Å²) in [6.45, 7) is 1.30. The van der Waals surface area contributed by atoms with E-state index in [1.165, 1.54) is 6.07 Å². The lowest BCUT2D eigenvalue weighted by Crippen LogP contribution is -2.38. The van der Waals surface area contributed by atoms with Crippen molar-refractivity contribution in [2.24, 2.45) is 0 Å². The van der Waals surface area contributed by atoms with Crippen molar-refractivity contribution in [3.63, 3.8) is 0 Å². The van der Waals surface area contributed by atoms with Crippen LogP contribution in [-0.4, -0.2) is 35.3 Å². The Labute approximate surface area is 136 Å². The van der Waals surface area contributed by atoms with Crippen molar-refractivity contribution in [2.45, 2.75) is 32.0 Å². The monoisotopic (exact) mass is 343 g/mol. The number of benzene rings is 1. The fourth-order valence-corrected chi connectivity index (χ4v) is 2.33. The van der Waals surface area contributed by atoms with E-state index in [1.54, 1.807) is 0 Å². The average molecular weight is 343 g/mol. The molecule has 0 aliphatic carbocycles. The molecule has 1 heterocycles. The number of urea groups is 1. The number of imide groups is 1. The smallest absolute Gasteiger partial charge is 0.326 e. The summed E-state index contributed by atoms with van der Waals surface area (Å²) in [7, 11) is 0. The predicted octanol–water partition coefficient (Wildman–Crippen LogP) is 2.36. The van der Waals surface area contributed by atoms with E-state index in [4.69, 9.17) is 0 Å². The molecule has 24 heavy (non-hydrogen) atoms. The Morgan fingerprint density at radius 1 is 1.33 bits per heavy atom. The van der Waals surface area contributed by atoms with Crippen molar-refractivity contribution in [3.05, 3.63) is 29.8 Å². The zero-order valence-corrected chi connectivity index (χ0v) is 12.8. The van der Waals surface area contributed by atoms with Crippen LogP contribution in [0.3, 0.4) is 0 Å². The maximum absolute atomic E-state index is 12.6. The molecule has 1 atom stereocenters. The quantitative estimate of drug-likeness (QED) is 0.806. The number of nitrogens with one attached hydrogen (secondary N) is 2. The number of alkyl halides is 3. The molecule has 1 fully saturated rings. The second-order valence-electron chi connectivity index (χ2n) is 5.34. The molecule has 9 heteroatoms. The summed E-state index contributed by atoms with van der Waals surface area (Å²) in [6.07, 6.45) is -3.39. The summed E-state index contributed by atoms with van der Waals surface area (Å²) in [6, 6.07) is 2.76. The van der Waals surface area contributed by atoms with Gasteiger partial charge >= 0.3 is 12.2 Å². The first kappa shape index (κ1) is 17.8. The highest BCUT2D eigenvalue weighted by molar-refractivity contribution is 6.07. The van der Waals surface area contributed by atoms with Gasteiger partial charge in [0, 0.05) is 5.69 Å². The Morgan fingerprint density at radius 2 is 2.04 bits per heavy atom. The van der Waals surface area contributed by atoms with Crippen LogP contribution >= 0.6 is 0 Å². The van der Waals surface area contributed by atoms with E-state index in [0.29, 0.717) is 12.8 Å². The summed E-state index contributed by atoms with van der Waals surface area (Å²) in [4.78, 5) is 36.4. The van der Waals surface area contributed by atoms with Crippen molar-refractivity contribution >= 4 is 23.5 Å². The highest BCUT2D eigenvalue weighted by Crippen LogP contribution is 2.30. The van der Waals surface area contributed by atoms with Gasteiger partial charge in [-0.1, -0.05) is 19.4 Å². The predicted molar refractivity (Wildman–Crippen MR) is 79.0 cm³/mol. The van der Waals surface area contributed by atoms with Gasteiger partial charge in [-0.2, -0.15) is 13.2 Å². The molecule has 0 unspecified atom stereocenters. The molecule has 1 saturated heterocycles. The van der Waals surface area contributed by atoms with Crippen LogP contribution in [0.1, 0.15) is 25.3 Å². The Hall–Kier alpha value is -2.58. The second-order valence-corrected chi connectivity index (χ2v) is 5.34.